The lowest BCUT2D eigenvalue weighted by atomic mass is 10.1. The van der Waals surface area contributed by atoms with Gasteiger partial charge in [-0.1, -0.05) is 26.2 Å². The minimum absolute atomic E-state index is 0.744. The molecule has 1 atom stereocenters. The van der Waals surface area contributed by atoms with E-state index < -0.39 is 0 Å². The van der Waals surface area contributed by atoms with Crippen LogP contribution in [0.1, 0.15) is 45.4 Å². The monoisotopic (exact) mass is 300 g/mol. The van der Waals surface area contributed by atoms with Gasteiger partial charge < -0.3 is 20.9 Å². The van der Waals surface area contributed by atoms with E-state index in [4.69, 9.17) is 0 Å². The molecule has 0 aromatic heterocycles. The Morgan fingerprint density at radius 1 is 0.810 bits per heavy atom. The Balaban J connectivity index is 3.17. The molecule has 0 saturated heterocycles. The first-order chi connectivity index (χ1) is 10.2. The number of nitrogens with zero attached hydrogens (tertiary/aromatic N) is 1. The summed E-state index contributed by atoms with van der Waals surface area (Å²) in [4.78, 5) is 2.48. The highest BCUT2D eigenvalue weighted by Crippen LogP contribution is 2.04. The second kappa shape index (κ2) is 16.2. The Bertz CT molecular complexity index is 199. The third-order valence-corrected chi connectivity index (χ3v) is 3.85. The zero-order chi connectivity index (χ0) is 15.8. The summed E-state index contributed by atoms with van der Waals surface area (Å²) < 4.78 is 0. The van der Waals surface area contributed by atoms with Crippen molar-refractivity contribution in [1.82, 2.24) is 20.9 Å². The van der Waals surface area contributed by atoms with Crippen molar-refractivity contribution in [3.8, 4) is 0 Å². The van der Waals surface area contributed by atoms with Crippen LogP contribution in [0.5, 0.6) is 0 Å². The van der Waals surface area contributed by atoms with Gasteiger partial charge in [0.15, 0.2) is 0 Å². The fourth-order valence-corrected chi connectivity index (χ4v) is 2.71. The highest BCUT2D eigenvalue weighted by atomic mass is 15.1. The zero-order valence-corrected chi connectivity index (χ0v) is 15.0. The molecule has 0 aliphatic carbocycles. The molecule has 21 heavy (non-hydrogen) atoms. The first-order valence-electron chi connectivity index (χ1n) is 8.89. The minimum Gasteiger partial charge on any atom is -0.320 e. The third-order valence-electron chi connectivity index (χ3n) is 3.85. The second-order valence-electron chi connectivity index (χ2n) is 6.40. The van der Waals surface area contributed by atoms with Crippen molar-refractivity contribution in [3.63, 3.8) is 0 Å². The quantitative estimate of drug-likeness (QED) is 0.381. The molecule has 0 bridgehead atoms. The van der Waals surface area contributed by atoms with Crippen molar-refractivity contribution in [2.75, 3.05) is 60.4 Å². The minimum atomic E-state index is 0.744. The van der Waals surface area contributed by atoms with Gasteiger partial charge in [-0.25, -0.2) is 0 Å². The largest absolute Gasteiger partial charge is 0.320 e. The van der Waals surface area contributed by atoms with Crippen LogP contribution < -0.4 is 16.0 Å². The van der Waals surface area contributed by atoms with Gasteiger partial charge in [0.05, 0.1) is 0 Å². The van der Waals surface area contributed by atoms with Gasteiger partial charge in [0.2, 0.25) is 0 Å². The fourth-order valence-electron chi connectivity index (χ4n) is 2.71. The van der Waals surface area contributed by atoms with Crippen molar-refractivity contribution in [3.05, 3.63) is 0 Å². The molecule has 4 heteroatoms. The van der Waals surface area contributed by atoms with Crippen molar-refractivity contribution in [2.24, 2.45) is 5.92 Å². The van der Waals surface area contributed by atoms with E-state index in [0.29, 0.717) is 0 Å². The fraction of sp³-hybridized carbons (Fsp3) is 1.00. The second-order valence-corrected chi connectivity index (χ2v) is 6.40. The summed E-state index contributed by atoms with van der Waals surface area (Å²) >= 11 is 0. The topological polar surface area (TPSA) is 39.3 Å². The van der Waals surface area contributed by atoms with E-state index in [1.165, 1.54) is 58.2 Å². The summed E-state index contributed by atoms with van der Waals surface area (Å²) in [5.41, 5.74) is 0. The van der Waals surface area contributed by atoms with Crippen LogP contribution in [-0.4, -0.2) is 65.3 Å². The van der Waals surface area contributed by atoms with Gasteiger partial charge >= 0.3 is 0 Å². The van der Waals surface area contributed by atoms with E-state index in [9.17, 15) is 0 Å². The van der Waals surface area contributed by atoms with Crippen LogP contribution in [0, 0.1) is 5.92 Å². The normalized spacial score (nSPS) is 13.0. The van der Waals surface area contributed by atoms with E-state index in [1.807, 2.05) is 14.1 Å². The highest BCUT2D eigenvalue weighted by Gasteiger charge is 2.04. The smallest absolute Gasteiger partial charge is 0.00161 e. The molecule has 0 radical (unpaired) electrons. The van der Waals surface area contributed by atoms with Crippen LogP contribution in [0.15, 0.2) is 0 Å². The maximum atomic E-state index is 3.51. The maximum Gasteiger partial charge on any atom is 0.00161 e. The molecule has 0 aliphatic heterocycles. The Kier molecular flexibility index (Phi) is 16.1. The molecule has 0 spiro atoms. The predicted molar refractivity (Wildman–Crippen MR) is 95.1 cm³/mol. The molecule has 0 aliphatic rings. The standard InChI is InChI=1S/C17H40N4/c1-17(15-19-3)16-21(4)14-9-7-5-6-8-12-20-13-10-11-18-2/h17-20H,5-16H2,1-4H3. The van der Waals surface area contributed by atoms with E-state index in [0.717, 1.165) is 25.6 Å². The molecule has 3 N–H and O–H groups in total. The van der Waals surface area contributed by atoms with Gasteiger partial charge in [-0.3, -0.25) is 0 Å². The average molecular weight is 301 g/mol. The molecule has 0 rings (SSSR count). The molecular formula is C17H40N4. The molecule has 0 aromatic carbocycles. The summed E-state index contributed by atoms with van der Waals surface area (Å²) in [7, 11) is 6.30. The van der Waals surface area contributed by atoms with E-state index in [-0.39, 0.29) is 0 Å². The lowest BCUT2D eigenvalue weighted by molar-refractivity contribution is 0.277. The lowest BCUT2D eigenvalue weighted by Gasteiger charge is -2.21. The van der Waals surface area contributed by atoms with Crippen LogP contribution in [0.4, 0.5) is 0 Å². The summed E-state index contributed by atoms with van der Waals surface area (Å²) in [6.07, 6.45) is 8.04. The Hall–Kier alpha value is -0.160. The molecule has 0 heterocycles. The third kappa shape index (κ3) is 16.0. The van der Waals surface area contributed by atoms with E-state index in [2.05, 4.69) is 34.8 Å². The Morgan fingerprint density at radius 2 is 1.48 bits per heavy atom. The van der Waals surface area contributed by atoms with Crippen LogP contribution in [0.2, 0.25) is 0 Å². The number of hydrogen-bond donors (Lipinski definition) is 3. The van der Waals surface area contributed by atoms with E-state index in [1.54, 1.807) is 0 Å². The molecule has 128 valence electrons. The van der Waals surface area contributed by atoms with Crippen molar-refractivity contribution in [2.45, 2.75) is 45.4 Å². The first-order valence-corrected chi connectivity index (χ1v) is 8.89. The maximum absolute atomic E-state index is 3.51. The highest BCUT2D eigenvalue weighted by molar-refractivity contribution is 4.61. The Morgan fingerprint density at radius 3 is 2.19 bits per heavy atom. The number of unbranched alkanes of at least 4 members (excludes halogenated alkanes) is 4. The molecule has 1 unspecified atom stereocenters. The molecular weight excluding hydrogens is 260 g/mol. The summed E-state index contributed by atoms with van der Waals surface area (Å²) in [5.74, 6) is 0.744. The number of hydrogen-bond acceptors (Lipinski definition) is 4. The number of nitrogens with one attached hydrogen (secondary N) is 3. The van der Waals surface area contributed by atoms with Gasteiger partial charge in [-0.15, -0.1) is 0 Å². The first kappa shape index (κ1) is 20.8. The summed E-state index contributed by atoms with van der Waals surface area (Å²) in [5, 5.41) is 9.93. The van der Waals surface area contributed by atoms with Crippen molar-refractivity contribution < 1.29 is 0 Å². The predicted octanol–water partition coefficient (Wildman–Crippen LogP) is 1.92. The summed E-state index contributed by atoms with van der Waals surface area (Å²) in [6.45, 7) is 9.34. The molecule has 0 fully saturated rings. The average Bonchev–Trinajstić information content (AvgIpc) is 2.45. The van der Waals surface area contributed by atoms with Crippen LogP contribution in [0.25, 0.3) is 0 Å². The van der Waals surface area contributed by atoms with Crippen molar-refractivity contribution in [1.29, 1.82) is 0 Å². The van der Waals surface area contributed by atoms with E-state index >= 15 is 0 Å². The lowest BCUT2D eigenvalue weighted by Crippen LogP contribution is -2.30. The Labute approximate surface area is 133 Å². The van der Waals surface area contributed by atoms with Crippen LogP contribution in [-0.2, 0) is 0 Å². The molecule has 0 saturated carbocycles. The van der Waals surface area contributed by atoms with Crippen LogP contribution >= 0.6 is 0 Å². The summed E-state index contributed by atoms with van der Waals surface area (Å²) in [6, 6.07) is 0. The van der Waals surface area contributed by atoms with Gasteiger partial charge in [-0.2, -0.15) is 0 Å². The SMILES string of the molecule is CNCCCNCCCCCCCN(C)CC(C)CNC. The van der Waals surface area contributed by atoms with Crippen molar-refractivity contribution >= 4 is 0 Å². The van der Waals surface area contributed by atoms with Gasteiger partial charge in [0, 0.05) is 6.54 Å². The van der Waals surface area contributed by atoms with Crippen LogP contribution in [0.3, 0.4) is 0 Å². The zero-order valence-electron chi connectivity index (χ0n) is 15.0. The van der Waals surface area contributed by atoms with Gasteiger partial charge in [0.1, 0.15) is 0 Å². The molecule has 4 nitrogen and oxygen atoms in total. The number of rotatable bonds is 16. The molecule has 0 aromatic rings. The molecule has 0 amide bonds. The van der Waals surface area contributed by atoms with Gasteiger partial charge in [-0.05, 0) is 79.0 Å². The van der Waals surface area contributed by atoms with Gasteiger partial charge in [0.25, 0.3) is 0 Å².